The zero-order valence-corrected chi connectivity index (χ0v) is 11.4. The Kier molecular flexibility index (Phi) is 5.10. The van der Waals surface area contributed by atoms with Crippen molar-refractivity contribution in [3.8, 4) is 0 Å². The van der Waals surface area contributed by atoms with Crippen LogP contribution in [-0.2, 0) is 4.79 Å². The van der Waals surface area contributed by atoms with Crippen molar-refractivity contribution >= 4 is 5.91 Å². The van der Waals surface area contributed by atoms with Crippen LogP contribution in [0.4, 0.5) is 0 Å². The first-order chi connectivity index (χ1) is 8.42. The van der Waals surface area contributed by atoms with E-state index in [1.165, 1.54) is 6.08 Å². The number of rotatable bonds is 5. The minimum absolute atomic E-state index is 0.0198. The van der Waals surface area contributed by atoms with Crippen LogP contribution in [0.5, 0.6) is 0 Å². The number of amides is 1. The van der Waals surface area contributed by atoms with Crippen molar-refractivity contribution in [1.29, 1.82) is 0 Å². The lowest BCUT2D eigenvalue weighted by molar-refractivity contribution is -0.117. The number of hydrogen-bond acceptors (Lipinski definition) is 2. The van der Waals surface area contributed by atoms with E-state index in [2.05, 4.69) is 38.0 Å². The number of nitrogens with one attached hydrogen (secondary N) is 2. The molecule has 0 heterocycles. The van der Waals surface area contributed by atoms with Crippen molar-refractivity contribution in [1.82, 2.24) is 10.6 Å². The fourth-order valence-electron chi connectivity index (χ4n) is 1.58. The van der Waals surface area contributed by atoms with Crippen molar-refractivity contribution in [3.05, 3.63) is 48.6 Å². The summed E-state index contributed by atoms with van der Waals surface area (Å²) in [4.78, 5) is 11.5. The van der Waals surface area contributed by atoms with Gasteiger partial charge < -0.3 is 10.6 Å². The average molecular weight is 246 g/mol. The van der Waals surface area contributed by atoms with Gasteiger partial charge in [0.15, 0.2) is 0 Å². The molecule has 0 fully saturated rings. The molecule has 1 unspecified atom stereocenters. The second-order valence-electron chi connectivity index (χ2n) is 5.31. The molecule has 0 aromatic heterocycles. The summed E-state index contributed by atoms with van der Waals surface area (Å²) in [6, 6.07) is 9.89. The van der Waals surface area contributed by atoms with E-state index < -0.39 is 0 Å². The molecule has 3 heteroatoms. The molecule has 1 aromatic carbocycles. The van der Waals surface area contributed by atoms with Crippen molar-refractivity contribution in [3.63, 3.8) is 0 Å². The van der Waals surface area contributed by atoms with Gasteiger partial charge in [-0.2, -0.15) is 0 Å². The Hall–Kier alpha value is -1.61. The summed E-state index contributed by atoms with van der Waals surface area (Å²) in [6.45, 7) is 10.5. The van der Waals surface area contributed by atoms with Crippen molar-refractivity contribution in [2.75, 3.05) is 6.54 Å². The van der Waals surface area contributed by atoms with Crippen molar-refractivity contribution in [2.45, 2.75) is 32.4 Å². The highest BCUT2D eigenvalue weighted by Crippen LogP contribution is 2.13. The maximum absolute atomic E-state index is 11.5. The molecule has 1 atom stereocenters. The van der Waals surface area contributed by atoms with Gasteiger partial charge in [-0.3, -0.25) is 4.79 Å². The van der Waals surface area contributed by atoms with Crippen LogP contribution < -0.4 is 10.6 Å². The average Bonchev–Trinajstić information content (AvgIpc) is 2.34. The van der Waals surface area contributed by atoms with E-state index in [1.54, 1.807) is 0 Å². The summed E-state index contributed by atoms with van der Waals surface area (Å²) in [5.74, 6) is -0.153. The summed E-state index contributed by atoms with van der Waals surface area (Å²) in [5.41, 5.74) is 1.11. The van der Waals surface area contributed by atoms with E-state index in [0.717, 1.165) is 5.56 Å². The second-order valence-corrected chi connectivity index (χ2v) is 5.31. The predicted octanol–water partition coefficient (Wildman–Crippen LogP) is 2.42. The highest BCUT2D eigenvalue weighted by atomic mass is 16.1. The van der Waals surface area contributed by atoms with Crippen molar-refractivity contribution in [2.24, 2.45) is 0 Å². The minimum atomic E-state index is -0.153. The lowest BCUT2D eigenvalue weighted by Gasteiger charge is -2.26. The van der Waals surface area contributed by atoms with Crippen LogP contribution in [-0.4, -0.2) is 18.0 Å². The van der Waals surface area contributed by atoms with Crippen LogP contribution >= 0.6 is 0 Å². The van der Waals surface area contributed by atoms with Gasteiger partial charge >= 0.3 is 0 Å². The molecule has 0 saturated heterocycles. The Labute approximate surface area is 109 Å². The molecular formula is C15H22N2O. The smallest absolute Gasteiger partial charge is 0.243 e. The third kappa shape index (κ3) is 5.15. The van der Waals surface area contributed by atoms with E-state index >= 15 is 0 Å². The van der Waals surface area contributed by atoms with Crippen LogP contribution in [0.3, 0.4) is 0 Å². The topological polar surface area (TPSA) is 41.1 Å². The number of carbonyl (C=O) groups excluding carboxylic acids is 1. The van der Waals surface area contributed by atoms with Gasteiger partial charge in [-0.25, -0.2) is 0 Å². The molecule has 0 saturated carbocycles. The third-order valence-electron chi connectivity index (χ3n) is 2.54. The SMILES string of the molecule is C=CC(=O)NC(CNC(C)(C)C)c1ccccc1. The first kappa shape index (κ1) is 14.5. The van der Waals surface area contributed by atoms with Gasteiger partial charge in [0.25, 0.3) is 0 Å². The van der Waals surface area contributed by atoms with Crippen LogP contribution in [0, 0.1) is 0 Å². The Bertz CT molecular complexity index is 393. The number of hydrogen-bond donors (Lipinski definition) is 2. The molecule has 1 rings (SSSR count). The molecule has 0 aliphatic carbocycles. The van der Waals surface area contributed by atoms with E-state index in [4.69, 9.17) is 0 Å². The summed E-state index contributed by atoms with van der Waals surface area (Å²) in [5, 5.41) is 6.34. The third-order valence-corrected chi connectivity index (χ3v) is 2.54. The Morgan fingerprint density at radius 2 is 1.94 bits per heavy atom. The van der Waals surface area contributed by atoms with E-state index in [0.29, 0.717) is 6.54 Å². The molecule has 1 amide bonds. The van der Waals surface area contributed by atoms with Crippen LogP contribution in [0.25, 0.3) is 0 Å². The molecule has 2 N–H and O–H groups in total. The monoisotopic (exact) mass is 246 g/mol. The maximum atomic E-state index is 11.5. The number of benzene rings is 1. The highest BCUT2D eigenvalue weighted by molar-refractivity contribution is 5.87. The first-order valence-corrected chi connectivity index (χ1v) is 6.15. The zero-order chi connectivity index (χ0) is 13.6. The van der Waals surface area contributed by atoms with Crippen LogP contribution in [0.2, 0.25) is 0 Å². The predicted molar refractivity (Wildman–Crippen MR) is 75.3 cm³/mol. The molecular weight excluding hydrogens is 224 g/mol. The fraction of sp³-hybridized carbons (Fsp3) is 0.400. The maximum Gasteiger partial charge on any atom is 0.243 e. The van der Waals surface area contributed by atoms with Crippen molar-refractivity contribution < 1.29 is 4.79 Å². The van der Waals surface area contributed by atoms with E-state index in [9.17, 15) is 4.79 Å². The fourth-order valence-corrected chi connectivity index (χ4v) is 1.58. The van der Waals surface area contributed by atoms with Crippen LogP contribution in [0.15, 0.2) is 43.0 Å². The zero-order valence-electron chi connectivity index (χ0n) is 11.4. The Morgan fingerprint density at radius 1 is 1.33 bits per heavy atom. The number of carbonyl (C=O) groups is 1. The van der Waals surface area contributed by atoms with Gasteiger partial charge in [0.2, 0.25) is 5.91 Å². The molecule has 0 radical (unpaired) electrons. The molecule has 0 aliphatic rings. The van der Waals surface area contributed by atoms with E-state index in [1.807, 2.05) is 30.3 Å². The van der Waals surface area contributed by atoms with Gasteiger partial charge in [0.1, 0.15) is 0 Å². The summed E-state index contributed by atoms with van der Waals surface area (Å²) >= 11 is 0. The largest absolute Gasteiger partial charge is 0.344 e. The normalized spacial score (nSPS) is 12.8. The Morgan fingerprint density at radius 3 is 2.44 bits per heavy atom. The molecule has 98 valence electrons. The quantitative estimate of drug-likeness (QED) is 0.783. The van der Waals surface area contributed by atoms with Gasteiger partial charge in [-0.05, 0) is 32.4 Å². The van der Waals surface area contributed by atoms with Gasteiger partial charge in [0, 0.05) is 12.1 Å². The highest BCUT2D eigenvalue weighted by Gasteiger charge is 2.16. The summed E-state index contributed by atoms with van der Waals surface area (Å²) in [6.07, 6.45) is 1.30. The first-order valence-electron chi connectivity index (χ1n) is 6.15. The van der Waals surface area contributed by atoms with Crippen LogP contribution in [0.1, 0.15) is 32.4 Å². The molecule has 0 spiro atoms. The van der Waals surface area contributed by atoms with Gasteiger partial charge in [-0.15, -0.1) is 0 Å². The second kappa shape index (κ2) is 6.36. The van der Waals surface area contributed by atoms with Gasteiger partial charge in [-0.1, -0.05) is 36.9 Å². The molecule has 1 aromatic rings. The lowest BCUT2D eigenvalue weighted by Crippen LogP contribution is -2.42. The minimum Gasteiger partial charge on any atom is -0.344 e. The molecule has 0 aliphatic heterocycles. The van der Waals surface area contributed by atoms with Gasteiger partial charge in [0.05, 0.1) is 6.04 Å². The molecule has 0 bridgehead atoms. The standard InChI is InChI=1S/C15H22N2O/c1-5-14(18)17-13(11-16-15(2,3)4)12-9-7-6-8-10-12/h5-10,13,16H,1,11H2,2-4H3,(H,17,18). The summed E-state index contributed by atoms with van der Waals surface area (Å²) < 4.78 is 0. The van der Waals surface area contributed by atoms with E-state index in [-0.39, 0.29) is 17.5 Å². The molecule has 18 heavy (non-hydrogen) atoms. The lowest BCUT2D eigenvalue weighted by atomic mass is 10.0. The Balaban J connectivity index is 2.75. The molecule has 3 nitrogen and oxygen atoms in total. The summed E-state index contributed by atoms with van der Waals surface area (Å²) in [7, 11) is 0.